The number of aromatic nitrogens is 3. The van der Waals surface area contributed by atoms with Gasteiger partial charge in [0.25, 0.3) is 0 Å². The third kappa shape index (κ3) is 3.80. The fraction of sp³-hybridized carbons (Fsp3) is 0.308. The highest BCUT2D eigenvalue weighted by atomic mass is 16.5. The number of nitrogens with zero attached hydrogens (tertiary/aromatic N) is 3. The molecule has 2 rings (SSSR count). The fourth-order valence-electron chi connectivity index (χ4n) is 1.45. The molecular formula is C13H16N4O2. The van der Waals surface area contributed by atoms with E-state index < -0.39 is 0 Å². The second-order valence-corrected chi connectivity index (χ2v) is 4.34. The molecule has 2 aromatic rings. The van der Waals surface area contributed by atoms with Crippen LogP contribution < -0.4 is 15.2 Å². The van der Waals surface area contributed by atoms with Crippen molar-refractivity contribution >= 4 is 5.95 Å². The lowest BCUT2D eigenvalue weighted by Crippen LogP contribution is -2.11. The maximum atomic E-state index is 5.60. The molecular weight excluding hydrogens is 244 g/mol. The molecule has 1 aromatic carbocycles. The summed E-state index contributed by atoms with van der Waals surface area (Å²) in [6, 6.07) is 7.83. The molecule has 2 N–H and O–H groups in total. The molecule has 19 heavy (non-hydrogen) atoms. The van der Waals surface area contributed by atoms with Crippen LogP contribution in [0.5, 0.6) is 17.8 Å². The van der Waals surface area contributed by atoms with E-state index in [1.165, 1.54) is 0 Å². The number of rotatable bonds is 4. The molecule has 0 amide bonds. The van der Waals surface area contributed by atoms with E-state index in [1.54, 1.807) is 0 Å². The highest BCUT2D eigenvalue weighted by Crippen LogP contribution is 2.20. The number of anilines is 1. The summed E-state index contributed by atoms with van der Waals surface area (Å²) in [7, 11) is 0. The first-order valence-corrected chi connectivity index (χ1v) is 5.95. The molecule has 1 heterocycles. The van der Waals surface area contributed by atoms with Crippen molar-refractivity contribution in [3.63, 3.8) is 0 Å². The largest absolute Gasteiger partial charge is 0.461 e. The van der Waals surface area contributed by atoms with Crippen LogP contribution in [0.15, 0.2) is 24.3 Å². The zero-order chi connectivity index (χ0) is 13.8. The van der Waals surface area contributed by atoms with Crippen LogP contribution in [0.1, 0.15) is 19.4 Å². The van der Waals surface area contributed by atoms with Gasteiger partial charge in [0.1, 0.15) is 5.75 Å². The van der Waals surface area contributed by atoms with Gasteiger partial charge in [0.2, 0.25) is 5.95 Å². The first kappa shape index (κ1) is 13.1. The summed E-state index contributed by atoms with van der Waals surface area (Å²) >= 11 is 0. The first-order chi connectivity index (χ1) is 9.02. The minimum atomic E-state index is -0.0476. The highest BCUT2D eigenvalue weighted by molar-refractivity contribution is 5.30. The molecule has 0 atom stereocenters. The van der Waals surface area contributed by atoms with E-state index in [0.717, 1.165) is 5.56 Å². The van der Waals surface area contributed by atoms with Crippen molar-refractivity contribution in [3.8, 4) is 17.8 Å². The molecule has 0 spiro atoms. The Bertz CT molecular complexity index is 572. The lowest BCUT2D eigenvalue weighted by Gasteiger charge is -2.09. The molecule has 0 fully saturated rings. The van der Waals surface area contributed by atoms with Gasteiger partial charge in [-0.25, -0.2) is 0 Å². The second kappa shape index (κ2) is 5.51. The molecule has 0 aliphatic rings. The number of hydrogen-bond acceptors (Lipinski definition) is 6. The molecule has 0 aliphatic heterocycles. The Morgan fingerprint density at radius 1 is 1.11 bits per heavy atom. The minimum Gasteiger partial charge on any atom is -0.461 e. The minimum absolute atomic E-state index is 0.0476. The predicted molar refractivity (Wildman–Crippen MR) is 71.3 cm³/mol. The van der Waals surface area contributed by atoms with Gasteiger partial charge in [-0.3, -0.25) is 0 Å². The Balaban J connectivity index is 2.22. The van der Waals surface area contributed by atoms with Gasteiger partial charge >= 0.3 is 12.0 Å². The van der Waals surface area contributed by atoms with Crippen molar-refractivity contribution in [2.24, 2.45) is 0 Å². The number of aryl methyl sites for hydroxylation is 1. The van der Waals surface area contributed by atoms with Crippen molar-refractivity contribution in [1.29, 1.82) is 0 Å². The van der Waals surface area contributed by atoms with Gasteiger partial charge in [-0.15, -0.1) is 4.98 Å². The second-order valence-electron chi connectivity index (χ2n) is 4.34. The monoisotopic (exact) mass is 260 g/mol. The number of benzene rings is 1. The summed E-state index contributed by atoms with van der Waals surface area (Å²) in [5, 5.41) is 0. The Labute approximate surface area is 111 Å². The molecule has 0 radical (unpaired) electrons. The number of nitrogens with two attached hydrogens (primary N) is 1. The van der Waals surface area contributed by atoms with E-state index >= 15 is 0 Å². The van der Waals surface area contributed by atoms with Crippen molar-refractivity contribution < 1.29 is 9.47 Å². The Morgan fingerprint density at radius 3 is 2.53 bits per heavy atom. The SMILES string of the molecule is Cc1cccc(Oc2nc(N)nc(OC(C)C)n2)c1. The summed E-state index contributed by atoms with van der Waals surface area (Å²) in [5.74, 6) is 0.703. The van der Waals surface area contributed by atoms with Gasteiger partial charge in [-0.1, -0.05) is 12.1 Å². The van der Waals surface area contributed by atoms with E-state index in [1.807, 2.05) is 45.0 Å². The van der Waals surface area contributed by atoms with Crippen LogP contribution in [0, 0.1) is 6.92 Å². The van der Waals surface area contributed by atoms with Crippen LogP contribution in [-0.4, -0.2) is 21.1 Å². The first-order valence-electron chi connectivity index (χ1n) is 5.95. The summed E-state index contributed by atoms with van der Waals surface area (Å²) in [6.45, 7) is 5.73. The zero-order valence-corrected chi connectivity index (χ0v) is 11.1. The third-order valence-electron chi connectivity index (χ3n) is 2.15. The van der Waals surface area contributed by atoms with Crippen LogP contribution >= 0.6 is 0 Å². The van der Waals surface area contributed by atoms with Gasteiger partial charge in [0, 0.05) is 0 Å². The van der Waals surface area contributed by atoms with Crippen molar-refractivity contribution in [2.75, 3.05) is 5.73 Å². The van der Waals surface area contributed by atoms with Crippen molar-refractivity contribution in [3.05, 3.63) is 29.8 Å². The molecule has 0 saturated carbocycles. The lowest BCUT2D eigenvalue weighted by atomic mass is 10.2. The van der Waals surface area contributed by atoms with Crippen LogP contribution in [0.3, 0.4) is 0 Å². The zero-order valence-electron chi connectivity index (χ0n) is 11.1. The average Bonchev–Trinajstić information content (AvgIpc) is 2.26. The van der Waals surface area contributed by atoms with E-state index in [9.17, 15) is 0 Å². The Kier molecular flexibility index (Phi) is 3.79. The molecule has 100 valence electrons. The maximum absolute atomic E-state index is 5.60. The molecule has 0 saturated heterocycles. The summed E-state index contributed by atoms with van der Waals surface area (Å²) < 4.78 is 10.9. The predicted octanol–water partition coefficient (Wildman–Crippen LogP) is 2.34. The topological polar surface area (TPSA) is 83.2 Å². The van der Waals surface area contributed by atoms with Gasteiger partial charge in [-0.05, 0) is 38.5 Å². The van der Waals surface area contributed by atoms with Crippen molar-refractivity contribution in [1.82, 2.24) is 15.0 Å². The van der Waals surface area contributed by atoms with Crippen molar-refractivity contribution in [2.45, 2.75) is 26.9 Å². The molecule has 0 unspecified atom stereocenters. The third-order valence-corrected chi connectivity index (χ3v) is 2.15. The number of ether oxygens (including phenoxy) is 2. The van der Waals surface area contributed by atoms with Crippen LogP contribution in [0.4, 0.5) is 5.95 Å². The molecule has 6 nitrogen and oxygen atoms in total. The maximum Gasteiger partial charge on any atom is 0.330 e. The van der Waals surface area contributed by atoms with Gasteiger partial charge in [0.15, 0.2) is 0 Å². The summed E-state index contributed by atoms with van der Waals surface area (Å²) in [4.78, 5) is 11.9. The van der Waals surface area contributed by atoms with Gasteiger partial charge in [0.05, 0.1) is 6.10 Å². The van der Waals surface area contributed by atoms with Crippen LogP contribution in [0.2, 0.25) is 0 Å². The summed E-state index contributed by atoms with van der Waals surface area (Å²) in [6.07, 6.45) is -0.0476. The fourth-order valence-corrected chi connectivity index (χ4v) is 1.45. The molecule has 6 heteroatoms. The van der Waals surface area contributed by atoms with Gasteiger partial charge < -0.3 is 15.2 Å². The molecule has 0 aliphatic carbocycles. The quantitative estimate of drug-likeness (QED) is 0.908. The Morgan fingerprint density at radius 2 is 1.84 bits per heavy atom. The van der Waals surface area contributed by atoms with E-state index in [4.69, 9.17) is 15.2 Å². The highest BCUT2D eigenvalue weighted by Gasteiger charge is 2.09. The smallest absolute Gasteiger partial charge is 0.330 e. The van der Waals surface area contributed by atoms with Crippen LogP contribution in [-0.2, 0) is 0 Å². The standard InChI is InChI=1S/C13H16N4O2/c1-8(2)18-12-15-11(14)16-13(17-12)19-10-6-4-5-9(3)7-10/h4-8H,1-3H3,(H2,14,15,16,17). The average molecular weight is 260 g/mol. The Hall–Kier alpha value is -2.37. The number of nitrogen functional groups attached to an aromatic ring is 1. The molecule has 1 aromatic heterocycles. The van der Waals surface area contributed by atoms with E-state index in [0.29, 0.717) is 5.75 Å². The number of hydrogen-bond donors (Lipinski definition) is 1. The van der Waals surface area contributed by atoms with E-state index in [-0.39, 0.29) is 24.1 Å². The van der Waals surface area contributed by atoms with Crippen LogP contribution in [0.25, 0.3) is 0 Å². The normalized spacial score (nSPS) is 10.5. The lowest BCUT2D eigenvalue weighted by molar-refractivity contribution is 0.219. The molecule has 0 bridgehead atoms. The summed E-state index contributed by atoms with van der Waals surface area (Å²) in [5.41, 5.74) is 6.68. The van der Waals surface area contributed by atoms with E-state index in [2.05, 4.69) is 15.0 Å². The van der Waals surface area contributed by atoms with Gasteiger partial charge in [-0.2, -0.15) is 9.97 Å².